The quantitative estimate of drug-likeness (QED) is 0.783. The Morgan fingerprint density at radius 3 is 2.57 bits per heavy atom. The number of likely N-dealkylation sites (N-methyl/N-ethyl adjacent to an activating group) is 1. The SMILES string of the molecule is CCN(CC(C)(C)O)c1nccn1C. The molecule has 0 saturated carbocycles. The molecule has 0 aromatic carbocycles. The van der Waals surface area contributed by atoms with E-state index in [4.69, 9.17) is 0 Å². The van der Waals surface area contributed by atoms with Crippen molar-refractivity contribution in [2.75, 3.05) is 18.0 Å². The maximum absolute atomic E-state index is 9.73. The minimum absolute atomic E-state index is 0.592. The molecule has 14 heavy (non-hydrogen) atoms. The second-order valence-corrected chi connectivity index (χ2v) is 4.16. The fraction of sp³-hybridized carbons (Fsp3) is 0.700. The molecule has 1 N–H and O–H groups in total. The number of rotatable bonds is 4. The minimum atomic E-state index is -0.692. The summed E-state index contributed by atoms with van der Waals surface area (Å²) in [7, 11) is 1.95. The van der Waals surface area contributed by atoms with Gasteiger partial charge < -0.3 is 14.6 Å². The molecule has 0 unspecified atom stereocenters. The molecule has 0 aliphatic rings. The van der Waals surface area contributed by atoms with Crippen molar-refractivity contribution in [2.24, 2.45) is 7.05 Å². The van der Waals surface area contributed by atoms with E-state index < -0.39 is 5.60 Å². The summed E-state index contributed by atoms with van der Waals surface area (Å²) < 4.78 is 1.95. The fourth-order valence-corrected chi connectivity index (χ4v) is 1.45. The number of aromatic nitrogens is 2. The van der Waals surface area contributed by atoms with Crippen molar-refractivity contribution < 1.29 is 5.11 Å². The molecular formula is C10H19N3O. The summed E-state index contributed by atoms with van der Waals surface area (Å²) in [5, 5.41) is 9.73. The Hall–Kier alpha value is -1.03. The maximum atomic E-state index is 9.73. The number of hydrogen-bond acceptors (Lipinski definition) is 3. The van der Waals surface area contributed by atoms with Crippen LogP contribution in [-0.4, -0.2) is 33.3 Å². The van der Waals surface area contributed by atoms with Crippen molar-refractivity contribution in [1.82, 2.24) is 9.55 Å². The number of aryl methyl sites for hydroxylation is 1. The smallest absolute Gasteiger partial charge is 0.205 e. The first-order chi connectivity index (χ1) is 6.44. The van der Waals surface area contributed by atoms with Crippen LogP contribution >= 0.6 is 0 Å². The predicted octanol–water partition coefficient (Wildman–Crippen LogP) is 1.02. The Labute approximate surface area is 85.2 Å². The van der Waals surface area contributed by atoms with Gasteiger partial charge in [0.1, 0.15) is 0 Å². The second-order valence-electron chi connectivity index (χ2n) is 4.16. The average Bonchev–Trinajstić information content (AvgIpc) is 2.45. The largest absolute Gasteiger partial charge is 0.389 e. The van der Waals surface area contributed by atoms with E-state index in [0.717, 1.165) is 12.5 Å². The summed E-state index contributed by atoms with van der Waals surface area (Å²) in [5.41, 5.74) is -0.692. The molecule has 0 aliphatic heterocycles. The van der Waals surface area contributed by atoms with Crippen LogP contribution in [0.3, 0.4) is 0 Å². The van der Waals surface area contributed by atoms with E-state index in [1.807, 2.05) is 17.8 Å². The van der Waals surface area contributed by atoms with Crippen LogP contribution in [0.1, 0.15) is 20.8 Å². The Morgan fingerprint density at radius 1 is 1.57 bits per heavy atom. The molecular weight excluding hydrogens is 178 g/mol. The van der Waals surface area contributed by atoms with Crippen LogP contribution in [0, 0.1) is 0 Å². The van der Waals surface area contributed by atoms with Gasteiger partial charge in [-0.25, -0.2) is 4.98 Å². The van der Waals surface area contributed by atoms with Gasteiger partial charge >= 0.3 is 0 Å². The lowest BCUT2D eigenvalue weighted by Gasteiger charge is -2.28. The molecule has 0 spiro atoms. The number of nitrogens with zero attached hydrogens (tertiary/aromatic N) is 3. The van der Waals surface area contributed by atoms with Gasteiger partial charge in [0, 0.05) is 32.5 Å². The van der Waals surface area contributed by atoms with Crippen molar-refractivity contribution >= 4 is 5.95 Å². The van der Waals surface area contributed by atoms with Crippen molar-refractivity contribution in [2.45, 2.75) is 26.4 Å². The molecule has 0 aliphatic carbocycles. The van der Waals surface area contributed by atoms with Crippen LogP contribution in [0.15, 0.2) is 12.4 Å². The van der Waals surface area contributed by atoms with E-state index in [0.29, 0.717) is 6.54 Å². The van der Waals surface area contributed by atoms with Crippen LogP contribution < -0.4 is 4.90 Å². The Balaban J connectivity index is 2.78. The van der Waals surface area contributed by atoms with Crippen molar-refractivity contribution in [3.8, 4) is 0 Å². The van der Waals surface area contributed by atoms with Crippen molar-refractivity contribution in [1.29, 1.82) is 0 Å². The molecule has 0 saturated heterocycles. The number of imidazole rings is 1. The first-order valence-electron chi connectivity index (χ1n) is 4.88. The zero-order chi connectivity index (χ0) is 10.8. The molecule has 4 heteroatoms. The number of anilines is 1. The maximum Gasteiger partial charge on any atom is 0.205 e. The monoisotopic (exact) mass is 197 g/mol. The van der Waals surface area contributed by atoms with Gasteiger partial charge in [0.25, 0.3) is 0 Å². The van der Waals surface area contributed by atoms with Crippen LogP contribution in [0.2, 0.25) is 0 Å². The summed E-state index contributed by atoms with van der Waals surface area (Å²) in [6.45, 7) is 7.10. The summed E-state index contributed by atoms with van der Waals surface area (Å²) in [6.07, 6.45) is 3.67. The highest BCUT2D eigenvalue weighted by Crippen LogP contribution is 2.13. The molecule has 0 fully saturated rings. The highest BCUT2D eigenvalue weighted by molar-refractivity contribution is 5.31. The van der Waals surface area contributed by atoms with Crippen LogP contribution in [0.4, 0.5) is 5.95 Å². The second kappa shape index (κ2) is 4.00. The lowest BCUT2D eigenvalue weighted by Crippen LogP contribution is -2.39. The number of hydrogen-bond donors (Lipinski definition) is 1. The van der Waals surface area contributed by atoms with E-state index >= 15 is 0 Å². The van der Waals surface area contributed by atoms with Crippen molar-refractivity contribution in [3.05, 3.63) is 12.4 Å². The zero-order valence-corrected chi connectivity index (χ0v) is 9.36. The molecule has 1 aromatic heterocycles. The third kappa shape index (κ3) is 2.73. The molecule has 1 aromatic rings. The molecule has 1 rings (SSSR count). The summed E-state index contributed by atoms with van der Waals surface area (Å²) in [4.78, 5) is 6.30. The molecule has 0 amide bonds. The van der Waals surface area contributed by atoms with Gasteiger partial charge in [-0.05, 0) is 20.8 Å². The Bertz CT molecular complexity index is 288. The Morgan fingerprint density at radius 2 is 2.21 bits per heavy atom. The Kier molecular flexibility index (Phi) is 3.16. The van der Waals surface area contributed by atoms with E-state index in [2.05, 4.69) is 16.8 Å². The minimum Gasteiger partial charge on any atom is -0.389 e. The standard InChI is InChI=1S/C10H19N3O/c1-5-13(8-10(2,3)14)9-11-6-7-12(9)4/h6-7,14H,5,8H2,1-4H3. The van der Waals surface area contributed by atoms with Gasteiger partial charge in [-0.15, -0.1) is 0 Å². The van der Waals surface area contributed by atoms with Gasteiger partial charge in [0.2, 0.25) is 5.95 Å². The molecule has 0 bridgehead atoms. The van der Waals surface area contributed by atoms with Crippen LogP contribution in [0.5, 0.6) is 0 Å². The third-order valence-electron chi connectivity index (χ3n) is 2.04. The van der Waals surface area contributed by atoms with Gasteiger partial charge in [0.05, 0.1) is 5.60 Å². The van der Waals surface area contributed by atoms with E-state index in [1.165, 1.54) is 0 Å². The van der Waals surface area contributed by atoms with Gasteiger partial charge in [-0.1, -0.05) is 0 Å². The molecule has 0 atom stereocenters. The molecule has 80 valence electrons. The van der Waals surface area contributed by atoms with Gasteiger partial charge in [-0.2, -0.15) is 0 Å². The third-order valence-corrected chi connectivity index (χ3v) is 2.04. The lowest BCUT2D eigenvalue weighted by atomic mass is 10.1. The topological polar surface area (TPSA) is 41.3 Å². The summed E-state index contributed by atoms with van der Waals surface area (Å²) in [5.74, 6) is 0.898. The molecule has 1 heterocycles. The van der Waals surface area contributed by atoms with E-state index in [1.54, 1.807) is 20.0 Å². The fourth-order valence-electron chi connectivity index (χ4n) is 1.45. The predicted molar refractivity (Wildman–Crippen MR) is 57.4 cm³/mol. The average molecular weight is 197 g/mol. The first kappa shape index (κ1) is 11.0. The normalized spacial score (nSPS) is 11.8. The first-order valence-corrected chi connectivity index (χ1v) is 4.88. The van der Waals surface area contributed by atoms with Gasteiger partial charge in [-0.3, -0.25) is 0 Å². The van der Waals surface area contributed by atoms with E-state index in [9.17, 15) is 5.11 Å². The zero-order valence-electron chi connectivity index (χ0n) is 9.36. The summed E-state index contributed by atoms with van der Waals surface area (Å²) >= 11 is 0. The van der Waals surface area contributed by atoms with E-state index in [-0.39, 0.29) is 0 Å². The highest BCUT2D eigenvalue weighted by Gasteiger charge is 2.19. The molecule has 4 nitrogen and oxygen atoms in total. The van der Waals surface area contributed by atoms with Crippen LogP contribution in [0.25, 0.3) is 0 Å². The lowest BCUT2D eigenvalue weighted by molar-refractivity contribution is 0.0871. The van der Waals surface area contributed by atoms with Crippen molar-refractivity contribution in [3.63, 3.8) is 0 Å². The number of aliphatic hydroxyl groups is 1. The summed E-state index contributed by atoms with van der Waals surface area (Å²) in [6, 6.07) is 0. The van der Waals surface area contributed by atoms with Crippen LogP contribution in [-0.2, 0) is 7.05 Å². The van der Waals surface area contributed by atoms with Gasteiger partial charge in [0.15, 0.2) is 0 Å². The molecule has 0 radical (unpaired) electrons. The highest BCUT2D eigenvalue weighted by atomic mass is 16.3.